The Morgan fingerprint density at radius 1 is 1.43 bits per heavy atom. The van der Waals surface area contributed by atoms with Crippen LogP contribution in [0.2, 0.25) is 0 Å². The van der Waals surface area contributed by atoms with E-state index in [2.05, 4.69) is 31.3 Å². The van der Waals surface area contributed by atoms with Gasteiger partial charge >= 0.3 is 0 Å². The Kier molecular flexibility index (Phi) is 5.15. The van der Waals surface area contributed by atoms with E-state index >= 15 is 0 Å². The zero-order chi connectivity index (χ0) is 10.4. The summed E-state index contributed by atoms with van der Waals surface area (Å²) in [7, 11) is 0. The average Bonchev–Trinajstić information content (AvgIpc) is 2.59. The standard InChI is InChI=1S/C11H19NOS/c1-4-12-10(8-13-5-2)11-7-6-9(3)14-11/h6-7,10,12H,4-5,8H2,1-3H3. The number of ether oxygens (including phenoxy) is 1. The maximum atomic E-state index is 5.46. The second kappa shape index (κ2) is 6.17. The predicted molar refractivity (Wildman–Crippen MR) is 62.0 cm³/mol. The van der Waals surface area contributed by atoms with Gasteiger partial charge in [-0.25, -0.2) is 0 Å². The summed E-state index contributed by atoms with van der Waals surface area (Å²) < 4.78 is 5.46. The molecular formula is C11H19NOS. The molecule has 0 aliphatic heterocycles. The molecule has 0 aliphatic carbocycles. The number of hydrogen-bond acceptors (Lipinski definition) is 3. The molecule has 1 unspecified atom stereocenters. The average molecular weight is 213 g/mol. The molecule has 0 saturated heterocycles. The Morgan fingerprint density at radius 2 is 2.21 bits per heavy atom. The fraction of sp³-hybridized carbons (Fsp3) is 0.636. The number of likely N-dealkylation sites (N-methyl/N-ethyl adjacent to an activating group) is 1. The Bertz CT molecular complexity index is 260. The predicted octanol–water partition coefficient (Wildman–Crippen LogP) is 2.74. The van der Waals surface area contributed by atoms with Gasteiger partial charge < -0.3 is 10.1 Å². The molecule has 0 aliphatic rings. The van der Waals surface area contributed by atoms with Crippen molar-refractivity contribution in [3.8, 4) is 0 Å². The molecule has 0 bridgehead atoms. The molecule has 0 aromatic carbocycles. The van der Waals surface area contributed by atoms with Crippen LogP contribution in [0, 0.1) is 6.92 Å². The quantitative estimate of drug-likeness (QED) is 0.784. The minimum absolute atomic E-state index is 0.360. The summed E-state index contributed by atoms with van der Waals surface area (Å²) in [5, 5.41) is 3.43. The fourth-order valence-electron chi connectivity index (χ4n) is 1.36. The van der Waals surface area contributed by atoms with E-state index < -0.39 is 0 Å². The molecular weight excluding hydrogens is 194 g/mol. The minimum atomic E-state index is 0.360. The highest BCUT2D eigenvalue weighted by atomic mass is 32.1. The maximum Gasteiger partial charge on any atom is 0.0669 e. The van der Waals surface area contributed by atoms with Crippen molar-refractivity contribution in [2.75, 3.05) is 19.8 Å². The van der Waals surface area contributed by atoms with Crippen molar-refractivity contribution in [1.82, 2.24) is 5.32 Å². The van der Waals surface area contributed by atoms with E-state index in [1.807, 2.05) is 18.3 Å². The first-order valence-corrected chi connectivity index (χ1v) is 5.97. The van der Waals surface area contributed by atoms with Gasteiger partial charge in [-0.3, -0.25) is 0 Å². The molecule has 1 N–H and O–H groups in total. The molecule has 0 amide bonds. The van der Waals surface area contributed by atoms with Crippen LogP contribution in [0.3, 0.4) is 0 Å². The van der Waals surface area contributed by atoms with Gasteiger partial charge in [0.1, 0.15) is 0 Å². The van der Waals surface area contributed by atoms with E-state index in [0.29, 0.717) is 6.04 Å². The highest BCUT2D eigenvalue weighted by Crippen LogP contribution is 2.22. The van der Waals surface area contributed by atoms with Crippen LogP contribution in [-0.4, -0.2) is 19.8 Å². The summed E-state index contributed by atoms with van der Waals surface area (Å²) in [6.07, 6.45) is 0. The molecule has 1 atom stereocenters. The van der Waals surface area contributed by atoms with Crippen molar-refractivity contribution in [2.24, 2.45) is 0 Å². The second-order valence-electron chi connectivity index (χ2n) is 3.22. The van der Waals surface area contributed by atoms with Gasteiger partial charge in [0, 0.05) is 16.4 Å². The van der Waals surface area contributed by atoms with Crippen LogP contribution in [0.4, 0.5) is 0 Å². The van der Waals surface area contributed by atoms with Gasteiger partial charge in [-0.2, -0.15) is 0 Å². The lowest BCUT2D eigenvalue weighted by Gasteiger charge is -2.15. The van der Waals surface area contributed by atoms with E-state index in [0.717, 1.165) is 19.8 Å². The number of aryl methyl sites for hydroxylation is 1. The zero-order valence-electron chi connectivity index (χ0n) is 9.17. The monoisotopic (exact) mass is 213 g/mol. The maximum absolute atomic E-state index is 5.46. The fourth-order valence-corrected chi connectivity index (χ4v) is 2.30. The first kappa shape index (κ1) is 11.7. The third-order valence-electron chi connectivity index (χ3n) is 2.04. The highest BCUT2D eigenvalue weighted by molar-refractivity contribution is 7.12. The smallest absolute Gasteiger partial charge is 0.0669 e. The molecule has 14 heavy (non-hydrogen) atoms. The minimum Gasteiger partial charge on any atom is -0.380 e. The molecule has 0 fully saturated rings. The lowest BCUT2D eigenvalue weighted by atomic mass is 10.2. The largest absolute Gasteiger partial charge is 0.380 e. The van der Waals surface area contributed by atoms with Crippen molar-refractivity contribution < 1.29 is 4.74 Å². The van der Waals surface area contributed by atoms with Crippen molar-refractivity contribution in [3.05, 3.63) is 21.9 Å². The van der Waals surface area contributed by atoms with Crippen molar-refractivity contribution in [3.63, 3.8) is 0 Å². The highest BCUT2D eigenvalue weighted by Gasteiger charge is 2.11. The molecule has 1 aromatic heterocycles. The summed E-state index contributed by atoms with van der Waals surface area (Å²) in [5.41, 5.74) is 0. The summed E-state index contributed by atoms with van der Waals surface area (Å²) >= 11 is 1.84. The van der Waals surface area contributed by atoms with Crippen LogP contribution in [0.1, 0.15) is 29.6 Å². The number of hydrogen-bond donors (Lipinski definition) is 1. The summed E-state index contributed by atoms with van der Waals surface area (Å²) in [6, 6.07) is 4.71. The summed E-state index contributed by atoms with van der Waals surface area (Å²) in [5.74, 6) is 0. The second-order valence-corrected chi connectivity index (χ2v) is 4.54. The zero-order valence-corrected chi connectivity index (χ0v) is 9.99. The van der Waals surface area contributed by atoms with E-state index in [-0.39, 0.29) is 0 Å². The Labute approximate surface area is 90.3 Å². The van der Waals surface area contributed by atoms with Gasteiger partial charge in [-0.15, -0.1) is 11.3 Å². The molecule has 1 rings (SSSR count). The van der Waals surface area contributed by atoms with E-state index in [4.69, 9.17) is 4.74 Å². The Hall–Kier alpha value is -0.380. The van der Waals surface area contributed by atoms with Gasteiger partial charge in [-0.05, 0) is 32.5 Å². The molecule has 0 radical (unpaired) electrons. The Morgan fingerprint density at radius 3 is 2.71 bits per heavy atom. The first-order chi connectivity index (χ1) is 6.77. The van der Waals surface area contributed by atoms with Gasteiger partial charge in [0.2, 0.25) is 0 Å². The van der Waals surface area contributed by atoms with E-state index in [1.165, 1.54) is 9.75 Å². The molecule has 3 heteroatoms. The van der Waals surface area contributed by atoms with Crippen LogP contribution >= 0.6 is 11.3 Å². The lowest BCUT2D eigenvalue weighted by Crippen LogP contribution is -2.24. The summed E-state index contributed by atoms with van der Waals surface area (Å²) in [4.78, 5) is 2.73. The Balaban J connectivity index is 2.57. The van der Waals surface area contributed by atoms with Crippen LogP contribution in [0.15, 0.2) is 12.1 Å². The van der Waals surface area contributed by atoms with Crippen molar-refractivity contribution >= 4 is 11.3 Å². The van der Waals surface area contributed by atoms with Crippen molar-refractivity contribution in [1.29, 1.82) is 0 Å². The van der Waals surface area contributed by atoms with Crippen LogP contribution < -0.4 is 5.32 Å². The number of thiophene rings is 1. The molecule has 0 saturated carbocycles. The topological polar surface area (TPSA) is 21.3 Å². The van der Waals surface area contributed by atoms with Gasteiger partial charge in [0.05, 0.1) is 12.6 Å². The van der Waals surface area contributed by atoms with Gasteiger partial charge in [0.25, 0.3) is 0 Å². The molecule has 2 nitrogen and oxygen atoms in total. The third kappa shape index (κ3) is 3.40. The molecule has 1 heterocycles. The first-order valence-electron chi connectivity index (χ1n) is 5.15. The van der Waals surface area contributed by atoms with Crippen LogP contribution in [-0.2, 0) is 4.74 Å². The van der Waals surface area contributed by atoms with Crippen LogP contribution in [0.25, 0.3) is 0 Å². The molecule has 80 valence electrons. The summed E-state index contributed by atoms with van der Waals surface area (Å²) in [6.45, 7) is 8.82. The number of nitrogens with one attached hydrogen (secondary N) is 1. The number of rotatable bonds is 6. The van der Waals surface area contributed by atoms with E-state index in [9.17, 15) is 0 Å². The van der Waals surface area contributed by atoms with Crippen molar-refractivity contribution in [2.45, 2.75) is 26.8 Å². The van der Waals surface area contributed by atoms with Gasteiger partial charge in [0.15, 0.2) is 0 Å². The molecule has 1 aromatic rings. The van der Waals surface area contributed by atoms with Crippen LogP contribution in [0.5, 0.6) is 0 Å². The molecule has 0 spiro atoms. The normalized spacial score (nSPS) is 13.1. The lowest BCUT2D eigenvalue weighted by molar-refractivity contribution is 0.124. The SMILES string of the molecule is CCNC(COCC)c1ccc(C)s1. The van der Waals surface area contributed by atoms with Gasteiger partial charge in [-0.1, -0.05) is 6.92 Å². The van der Waals surface area contributed by atoms with E-state index in [1.54, 1.807) is 0 Å². The third-order valence-corrected chi connectivity index (χ3v) is 3.16.